The van der Waals surface area contributed by atoms with Gasteiger partial charge in [0.1, 0.15) is 0 Å². The molecule has 20 heavy (non-hydrogen) atoms. The summed E-state index contributed by atoms with van der Waals surface area (Å²) < 4.78 is 0. The molecule has 0 fully saturated rings. The summed E-state index contributed by atoms with van der Waals surface area (Å²) in [5, 5.41) is 2.21. The van der Waals surface area contributed by atoms with Gasteiger partial charge in [0, 0.05) is 30.1 Å². The lowest BCUT2D eigenvalue weighted by Crippen LogP contribution is -2.38. The van der Waals surface area contributed by atoms with E-state index in [4.69, 9.17) is 5.73 Å². The maximum absolute atomic E-state index is 6.39. The summed E-state index contributed by atoms with van der Waals surface area (Å²) in [6.45, 7) is 6.46. The molecule has 0 saturated heterocycles. The Bertz CT molecular complexity index is 573. The second-order valence-electron chi connectivity index (χ2n) is 5.74. The van der Waals surface area contributed by atoms with Gasteiger partial charge in [-0.2, -0.15) is 0 Å². The van der Waals surface area contributed by atoms with E-state index in [1.165, 1.54) is 16.7 Å². The Balaban J connectivity index is 1.71. The summed E-state index contributed by atoms with van der Waals surface area (Å²) in [5.74, 6) is 0. The van der Waals surface area contributed by atoms with Crippen molar-refractivity contribution in [3.8, 4) is 0 Å². The van der Waals surface area contributed by atoms with Crippen LogP contribution in [-0.4, -0.2) is 18.0 Å². The third kappa shape index (κ3) is 2.66. The SMILES string of the molecule is Cc1ccc(C(N)CN2CCc3sccc3C2C)cc1. The van der Waals surface area contributed by atoms with Crippen molar-refractivity contribution < 1.29 is 0 Å². The molecule has 0 radical (unpaired) electrons. The van der Waals surface area contributed by atoms with E-state index in [1.54, 1.807) is 4.88 Å². The van der Waals surface area contributed by atoms with Crippen LogP contribution in [-0.2, 0) is 6.42 Å². The maximum Gasteiger partial charge on any atom is 0.0424 e. The van der Waals surface area contributed by atoms with Gasteiger partial charge in [-0.1, -0.05) is 29.8 Å². The van der Waals surface area contributed by atoms with Crippen LogP contribution < -0.4 is 5.73 Å². The lowest BCUT2D eigenvalue weighted by molar-refractivity contribution is 0.188. The highest BCUT2D eigenvalue weighted by atomic mass is 32.1. The summed E-state index contributed by atoms with van der Waals surface area (Å²) in [6.07, 6.45) is 1.16. The van der Waals surface area contributed by atoms with Crippen LogP contribution in [0.2, 0.25) is 0 Å². The van der Waals surface area contributed by atoms with Gasteiger partial charge in [-0.15, -0.1) is 11.3 Å². The van der Waals surface area contributed by atoms with Gasteiger partial charge in [0.2, 0.25) is 0 Å². The number of rotatable bonds is 3. The van der Waals surface area contributed by atoms with E-state index in [2.05, 4.69) is 54.5 Å². The number of benzene rings is 1. The first-order chi connectivity index (χ1) is 9.65. The predicted octanol–water partition coefficient (Wildman–Crippen LogP) is 3.68. The highest BCUT2D eigenvalue weighted by molar-refractivity contribution is 7.10. The zero-order chi connectivity index (χ0) is 14.1. The van der Waals surface area contributed by atoms with E-state index in [-0.39, 0.29) is 6.04 Å². The zero-order valence-electron chi connectivity index (χ0n) is 12.2. The Morgan fingerprint density at radius 2 is 2.05 bits per heavy atom. The number of nitrogens with zero attached hydrogens (tertiary/aromatic N) is 1. The fourth-order valence-electron chi connectivity index (χ4n) is 2.98. The Morgan fingerprint density at radius 1 is 1.30 bits per heavy atom. The first-order valence-corrected chi connectivity index (χ1v) is 8.15. The van der Waals surface area contributed by atoms with Crippen LogP contribution >= 0.6 is 11.3 Å². The Hall–Kier alpha value is -1.16. The summed E-state index contributed by atoms with van der Waals surface area (Å²) in [7, 11) is 0. The molecule has 0 aliphatic carbocycles. The molecule has 2 unspecified atom stereocenters. The largest absolute Gasteiger partial charge is 0.323 e. The number of hydrogen-bond donors (Lipinski definition) is 1. The van der Waals surface area contributed by atoms with Gasteiger partial charge in [0.15, 0.2) is 0 Å². The Labute approximate surface area is 125 Å². The van der Waals surface area contributed by atoms with Crippen LogP contribution in [0.4, 0.5) is 0 Å². The fraction of sp³-hybridized carbons (Fsp3) is 0.412. The number of thiophene rings is 1. The maximum atomic E-state index is 6.39. The van der Waals surface area contributed by atoms with E-state index in [0.717, 1.165) is 19.5 Å². The minimum Gasteiger partial charge on any atom is -0.323 e. The fourth-order valence-corrected chi connectivity index (χ4v) is 3.95. The molecular formula is C17H22N2S. The van der Waals surface area contributed by atoms with E-state index < -0.39 is 0 Å². The van der Waals surface area contributed by atoms with Crippen LogP contribution in [0.1, 0.15) is 40.6 Å². The minimum atomic E-state index is 0.0956. The van der Waals surface area contributed by atoms with Crippen LogP contribution in [0.5, 0.6) is 0 Å². The third-order valence-corrected chi connectivity index (χ3v) is 5.34. The number of aryl methyl sites for hydroxylation is 1. The van der Waals surface area contributed by atoms with Crippen LogP contribution in [0.25, 0.3) is 0 Å². The van der Waals surface area contributed by atoms with Crippen molar-refractivity contribution in [2.75, 3.05) is 13.1 Å². The quantitative estimate of drug-likeness (QED) is 0.932. The first-order valence-electron chi connectivity index (χ1n) is 7.27. The number of fused-ring (bicyclic) bond motifs is 1. The highest BCUT2D eigenvalue weighted by Gasteiger charge is 2.25. The molecule has 106 valence electrons. The molecule has 1 aliphatic heterocycles. The van der Waals surface area contributed by atoms with E-state index in [9.17, 15) is 0 Å². The number of hydrogen-bond acceptors (Lipinski definition) is 3. The van der Waals surface area contributed by atoms with Crippen molar-refractivity contribution in [3.05, 3.63) is 57.3 Å². The first kappa shape index (κ1) is 13.8. The normalized spacial score (nSPS) is 20.6. The predicted molar refractivity (Wildman–Crippen MR) is 86.1 cm³/mol. The molecule has 0 saturated carbocycles. The average Bonchev–Trinajstić information content (AvgIpc) is 2.92. The number of nitrogens with two attached hydrogens (primary N) is 1. The van der Waals surface area contributed by atoms with E-state index >= 15 is 0 Å². The van der Waals surface area contributed by atoms with Crippen LogP contribution in [0.3, 0.4) is 0 Å². The van der Waals surface area contributed by atoms with Crippen LogP contribution in [0, 0.1) is 6.92 Å². The minimum absolute atomic E-state index is 0.0956. The summed E-state index contributed by atoms with van der Waals surface area (Å²) in [4.78, 5) is 4.07. The van der Waals surface area contributed by atoms with Gasteiger partial charge in [-0.3, -0.25) is 4.90 Å². The van der Waals surface area contributed by atoms with Gasteiger partial charge < -0.3 is 5.73 Å². The molecule has 2 heterocycles. The van der Waals surface area contributed by atoms with Gasteiger partial charge >= 0.3 is 0 Å². The Morgan fingerprint density at radius 3 is 2.80 bits per heavy atom. The molecule has 2 N–H and O–H groups in total. The standard InChI is InChI=1S/C17H22N2S/c1-12-3-5-14(6-4-12)16(18)11-19-9-7-17-15(13(19)2)8-10-20-17/h3-6,8,10,13,16H,7,9,11,18H2,1-2H3. The van der Waals surface area contributed by atoms with Gasteiger partial charge in [0.05, 0.1) is 0 Å². The molecule has 3 heteroatoms. The van der Waals surface area contributed by atoms with E-state index in [0.29, 0.717) is 6.04 Å². The molecule has 0 spiro atoms. The smallest absolute Gasteiger partial charge is 0.0424 e. The van der Waals surface area contributed by atoms with Gasteiger partial charge in [-0.05, 0) is 42.8 Å². The molecular weight excluding hydrogens is 264 g/mol. The topological polar surface area (TPSA) is 29.3 Å². The zero-order valence-corrected chi connectivity index (χ0v) is 13.0. The average molecular weight is 286 g/mol. The van der Waals surface area contributed by atoms with E-state index in [1.807, 2.05) is 11.3 Å². The molecule has 2 atom stereocenters. The molecule has 1 aromatic carbocycles. The van der Waals surface area contributed by atoms with Crippen molar-refractivity contribution in [3.63, 3.8) is 0 Å². The second-order valence-corrected chi connectivity index (χ2v) is 6.74. The van der Waals surface area contributed by atoms with Crippen molar-refractivity contribution in [1.82, 2.24) is 4.90 Å². The molecule has 0 bridgehead atoms. The van der Waals surface area contributed by atoms with Crippen molar-refractivity contribution in [2.24, 2.45) is 5.73 Å². The molecule has 2 aromatic rings. The summed E-state index contributed by atoms with van der Waals surface area (Å²) in [6, 6.07) is 11.5. The summed E-state index contributed by atoms with van der Waals surface area (Å²) >= 11 is 1.89. The van der Waals surface area contributed by atoms with Crippen molar-refractivity contribution in [1.29, 1.82) is 0 Å². The lowest BCUT2D eigenvalue weighted by atomic mass is 9.99. The Kier molecular flexibility index (Phi) is 3.92. The van der Waals surface area contributed by atoms with Crippen LogP contribution in [0.15, 0.2) is 35.7 Å². The lowest BCUT2D eigenvalue weighted by Gasteiger charge is -2.35. The monoisotopic (exact) mass is 286 g/mol. The van der Waals surface area contributed by atoms with Gasteiger partial charge in [0.25, 0.3) is 0 Å². The van der Waals surface area contributed by atoms with Gasteiger partial charge in [-0.25, -0.2) is 0 Å². The second kappa shape index (κ2) is 5.68. The highest BCUT2D eigenvalue weighted by Crippen LogP contribution is 2.33. The molecule has 3 rings (SSSR count). The third-order valence-electron chi connectivity index (χ3n) is 4.34. The summed E-state index contributed by atoms with van der Waals surface area (Å²) in [5.41, 5.74) is 10.4. The molecule has 0 amide bonds. The van der Waals surface area contributed by atoms with Crippen molar-refractivity contribution in [2.45, 2.75) is 32.4 Å². The molecule has 2 nitrogen and oxygen atoms in total. The molecule has 1 aliphatic rings. The van der Waals surface area contributed by atoms with Crippen molar-refractivity contribution >= 4 is 11.3 Å². The molecule has 1 aromatic heterocycles.